The van der Waals surface area contributed by atoms with E-state index in [-0.39, 0.29) is 11.4 Å². The van der Waals surface area contributed by atoms with E-state index in [9.17, 15) is 13.5 Å². The minimum Gasteiger partial charge on any atom is -0.385 e. The van der Waals surface area contributed by atoms with Gasteiger partial charge in [-0.05, 0) is 36.8 Å². The van der Waals surface area contributed by atoms with E-state index < -0.39 is 16.1 Å². The van der Waals surface area contributed by atoms with Gasteiger partial charge in [-0.15, -0.1) is 0 Å². The second kappa shape index (κ2) is 7.79. The molecule has 0 amide bonds. The number of sulfonamides is 1. The molecule has 1 unspecified atom stereocenters. The lowest BCUT2D eigenvalue weighted by Gasteiger charge is -2.27. The summed E-state index contributed by atoms with van der Waals surface area (Å²) in [4.78, 5) is 1.28. The molecule has 24 heavy (non-hydrogen) atoms. The number of aliphatic hydroxyl groups is 1. The van der Waals surface area contributed by atoms with Gasteiger partial charge in [0.25, 0.3) is 10.0 Å². The molecular weight excluding hydrogens is 324 g/mol. The van der Waals surface area contributed by atoms with Crippen LogP contribution in [0.15, 0.2) is 59.5 Å². The van der Waals surface area contributed by atoms with Gasteiger partial charge in [0.15, 0.2) is 0 Å². The first-order valence-corrected chi connectivity index (χ1v) is 9.36. The first-order valence-electron chi connectivity index (χ1n) is 7.92. The molecule has 0 aliphatic heterocycles. The Morgan fingerprint density at radius 3 is 2.33 bits per heavy atom. The van der Waals surface area contributed by atoms with Crippen LogP contribution in [0.2, 0.25) is 0 Å². The molecule has 0 fully saturated rings. The van der Waals surface area contributed by atoms with E-state index in [4.69, 9.17) is 0 Å². The van der Waals surface area contributed by atoms with Gasteiger partial charge < -0.3 is 10.0 Å². The molecule has 2 rings (SSSR count). The highest BCUT2D eigenvalue weighted by molar-refractivity contribution is 7.92. The summed E-state index contributed by atoms with van der Waals surface area (Å²) in [5, 5.41) is 10.3. The summed E-state index contributed by atoms with van der Waals surface area (Å²) in [6, 6.07) is 15.6. The van der Waals surface area contributed by atoms with E-state index >= 15 is 0 Å². The van der Waals surface area contributed by atoms with Crippen LogP contribution < -0.4 is 9.21 Å². The van der Waals surface area contributed by atoms with Crippen LogP contribution in [0.4, 0.5) is 5.69 Å². The third kappa shape index (κ3) is 4.56. The predicted octanol–water partition coefficient (Wildman–Crippen LogP) is 0.696. The van der Waals surface area contributed by atoms with E-state index in [1.165, 1.54) is 4.31 Å². The Hall–Kier alpha value is -1.89. The normalized spacial score (nSPS) is 13.0. The molecular formula is C18H25N2O3S+. The van der Waals surface area contributed by atoms with Crippen molar-refractivity contribution in [2.24, 2.45) is 0 Å². The topological polar surface area (TPSA) is 62.1 Å². The van der Waals surface area contributed by atoms with E-state index in [0.717, 1.165) is 10.5 Å². The molecule has 2 aromatic rings. The monoisotopic (exact) mass is 349 g/mol. The van der Waals surface area contributed by atoms with Gasteiger partial charge in [0.1, 0.15) is 12.6 Å². The fourth-order valence-corrected chi connectivity index (χ4v) is 4.09. The fourth-order valence-electron chi connectivity index (χ4n) is 2.57. The summed E-state index contributed by atoms with van der Waals surface area (Å²) >= 11 is 0. The number of rotatable bonds is 7. The summed E-state index contributed by atoms with van der Waals surface area (Å²) < 4.78 is 27.4. The second-order valence-electron chi connectivity index (χ2n) is 6.25. The lowest BCUT2D eigenvalue weighted by Crippen LogP contribution is -3.07. The molecule has 0 bridgehead atoms. The molecule has 2 N–H and O–H groups in total. The van der Waals surface area contributed by atoms with Gasteiger partial charge >= 0.3 is 0 Å². The third-order valence-corrected chi connectivity index (χ3v) is 5.45. The van der Waals surface area contributed by atoms with E-state index in [1.54, 1.807) is 36.4 Å². The first-order chi connectivity index (χ1) is 11.3. The Morgan fingerprint density at radius 2 is 1.75 bits per heavy atom. The average Bonchev–Trinajstić information content (AvgIpc) is 2.52. The van der Waals surface area contributed by atoms with Crippen LogP contribution in [0.3, 0.4) is 0 Å². The van der Waals surface area contributed by atoms with Crippen molar-refractivity contribution < 1.29 is 18.4 Å². The van der Waals surface area contributed by atoms with Gasteiger partial charge in [-0.1, -0.05) is 30.3 Å². The lowest BCUT2D eigenvalue weighted by atomic mass is 10.2. The Balaban J connectivity index is 2.43. The molecule has 0 spiro atoms. The number of benzene rings is 2. The number of nitrogens with zero attached hydrogens (tertiary/aromatic N) is 1. The van der Waals surface area contributed by atoms with Crippen LogP contribution in [-0.4, -0.2) is 46.8 Å². The van der Waals surface area contributed by atoms with Gasteiger partial charge in [-0.2, -0.15) is 0 Å². The van der Waals surface area contributed by atoms with Gasteiger partial charge in [-0.25, -0.2) is 8.42 Å². The Morgan fingerprint density at radius 1 is 1.08 bits per heavy atom. The van der Waals surface area contributed by atoms with Crippen LogP contribution in [-0.2, 0) is 10.0 Å². The molecule has 0 radical (unpaired) electrons. The van der Waals surface area contributed by atoms with Crippen molar-refractivity contribution in [3.8, 4) is 0 Å². The maximum Gasteiger partial charge on any atom is 0.264 e. The molecule has 1 atom stereocenters. The molecule has 5 nitrogen and oxygen atoms in total. The zero-order valence-corrected chi connectivity index (χ0v) is 15.1. The summed E-state index contributed by atoms with van der Waals surface area (Å²) in [7, 11) is 0.107. The standard InChI is InChI=1S/C18H24N2O3S/c1-15-8-7-9-16(12-15)20(14-17(21)13-19(2)3)24(22,23)18-10-5-4-6-11-18/h4-12,17,21H,13-14H2,1-3H3/p+1. The molecule has 0 heterocycles. The molecule has 2 aromatic carbocycles. The van der Waals surface area contributed by atoms with Crippen molar-refractivity contribution >= 4 is 15.7 Å². The first kappa shape index (κ1) is 18.4. The van der Waals surface area contributed by atoms with Crippen LogP contribution in [0.25, 0.3) is 0 Å². The van der Waals surface area contributed by atoms with Crippen LogP contribution >= 0.6 is 0 Å². The minimum absolute atomic E-state index is 0.0197. The van der Waals surface area contributed by atoms with Crippen molar-refractivity contribution in [3.05, 3.63) is 60.2 Å². The number of hydrogen-bond acceptors (Lipinski definition) is 3. The molecule has 0 aromatic heterocycles. The maximum absolute atomic E-state index is 13.1. The number of nitrogens with one attached hydrogen (secondary N) is 1. The van der Waals surface area contributed by atoms with Gasteiger partial charge in [0.2, 0.25) is 0 Å². The highest BCUT2D eigenvalue weighted by Crippen LogP contribution is 2.24. The Labute approximate surface area is 144 Å². The number of anilines is 1. The molecule has 0 aliphatic rings. The molecule has 6 heteroatoms. The smallest absolute Gasteiger partial charge is 0.264 e. The number of aryl methyl sites for hydroxylation is 1. The maximum atomic E-state index is 13.1. The third-order valence-electron chi connectivity index (χ3n) is 3.64. The zero-order chi connectivity index (χ0) is 17.7. The fraction of sp³-hybridized carbons (Fsp3) is 0.333. The highest BCUT2D eigenvalue weighted by atomic mass is 32.2. The molecule has 0 saturated heterocycles. The van der Waals surface area contributed by atoms with Gasteiger partial charge in [0, 0.05) is 0 Å². The minimum atomic E-state index is -3.74. The van der Waals surface area contributed by atoms with Crippen molar-refractivity contribution in [3.63, 3.8) is 0 Å². The van der Waals surface area contributed by atoms with Crippen molar-refractivity contribution in [2.45, 2.75) is 17.9 Å². The van der Waals surface area contributed by atoms with E-state index in [2.05, 4.69) is 0 Å². The molecule has 0 aliphatic carbocycles. The van der Waals surface area contributed by atoms with Crippen molar-refractivity contribution in [2.75, 3.05) is 31.5 Å². The number of quaternary nitrogens is 1. The molecule has 130 valence electrons. The summed E-state index contributed by atoms with van der Waals surface area (Å²) in [5.41, 5.74) is 1.53. The summed E-state index contributed by atoms with van der Waals surface area (Å²) in [6.07, 6.45) is -0.756. The van der Waals surface area contributed by atoms with E-state index in [1.807, 2.05) is 39.2 Å². The number of aliphatic hydroxyl groups excluding tert-OH is 1. The quantitative estimate of drug-likeness (QED) is 0.773. The Kier molecular flexibility index (Phi) is 5.99. The number of likely N-dealkylation sites (N-methyl/N-ethyl adjacent to an activating group) is 1. The SMILES string of the molecule is Cc1cccc(N(CC(O)C[NH+](C)C)S(=O)(=O)c2ccccc2)c1. The van der Waals surface area contributed by atoms with Crippen molar-refractivity contribution in [1.29, 1.82) is 0 Å². The van der Waals surface area contributed by atoms with Gasteiger partial charge in [0.05, 0.1) is 31.2 Å². The predicted molar refractivity (Wildman–Crippen MR) is 95.8 cm³/mol. The second-order valence-corrected chi connectivity index (χ2v) is 8.12. The van der Waals surface area contributed by atoms with Gasteiger partial charge in [-0.3, -0.25) is 4.31 Å². The Bertz CT molecular complexity index is 761. The summed E-state index contributed by atoms with van der Waals surface area (Å²) in [5.74, 6) is 0. The summed E-state index contributed by atoms with van der Waals surface area (Å²) in [6.45, 7) is 2.40. The van der Waals surface area contributed by atoms with Crippen LogP contribution in [0.1, 0.15) is 5.56 Å². The highest BCUT2D eigenvalue weighted by Gasteiger charge is 2.27. The number of hydrogen-bond donors (Lipinski definition) is 2. The van der Waals surface area contributed by atoms with Crippen LogP contribution in [0, 0.1) is 6.92 Å². The zero-order valence-electron chi connectivity index (χ0n) is 14.3. The van der Waals surface area contributed by atoms with Crippen LogP contribution in [0.5, 0.6) is 0 Å². The van der Waals surface area contributed by atoms with Crippen molar-refractivity contribution in [1.82, 2.24) is 0 Å². The average molecular weight is 349 g/mol. The van der Waals surface area contributed by atoms with E-state index in [0.29, 0.717) is 12.2 Å². The largest absolute Gasteiger partial charge is 0.385 e. The lowest BCUT2D eigenvalue weighted by molar-refractivity contribution is -0.861. The molecule has 0 saturated carbocycles.